The Balaban J connectivity index is 1.69. The molecule has 1 saturated heterocycles. The first kappa shape index (κ1) is 19.9. The smallest absolute Gasteiger partial charge is 0.228 e. The maximum atomic E-state index is 12.9. The highest BCUT2D eigenvalue weighted by Crippen LogP contribution is 2.25. The van der Waals surface area contributed by atoms with Crippen LogP contribution < -0.4 is 5.32 Å². The molecule has 1 atom stereocenters. The van der Waals surface area contributed by atoms with Crippen molar-refractivity contribution in [2.45, 2.75) is 25.5 Å². The average molecular weight is 407 g/mol. The predicted molar refractivity (Wildman–Crippen MR) is 108 cm³/mol. The summed E-state index contributed by atoms with van der Waals surface area (Å²) in [6.45, 7) is 2.55. The third-order valence-electron chi connectivity index (χ3n) is 4.88. The van der Waals surface area contributed by atoms with Crippen molar-refractivity contribution in [1.82, 2.24) is 4.31 Å². The van der Waals surface area contributed by atoms with E-state index in [1.807, 2.05) is 31.2 Å². The van der Waals surface area contributed by atoms with Crippen molar-refractivity contribution >= 4 is 33.2 Å². The Bertz CT molecular complexity index is 930. The van der Waals surface area contributed by atoms with E-state index >= 15 is 0 Å². The van der Waals surface area contributed by atoms with E-state index in [1.54, 1.807) is 24.3 Å². The summed E-state index contributed by atoms with van der Waals surface area (Å²) in [6, 6.07) is 14.5. The Morgan fingerprint density at radius 3 is 2.63 bits per heavy atom. The zero-order valence-electron chi connectivity index (χ0n) is 15.2. The second kappa shape index (κ2) is 8.42. The van der Waals surface area contributed by atoms with Crippen LogP contribution in [0.5, 0.6) is 0 Å². The third-order valence-corrected chi connectivity index (χ3v) is 7.00. The van der Waals surface area contributed by atoms with Crippen molar-refractivity contribution in [3.05, 3.63) is 64.7 Å². The molecular weight excluding hydrogens is 384 g/mol. The molecule has 3 rings (SSSR count). The molecule has 0 aromatic heterocycles. The molecule has 0 unspecified atom stereocenters. The number of rotatable bonds is 5. The van der Waals surface area contributed by atoms with Crippen molar-refractivity contribution < 1.29 is 13.2 Å². The van der Waals surface area contributed by atoms with Crippen LogP contribution in [0, 0.1) is 12.8 Å². The van der Waals surface area contributed by atoms with Crippen LogP contribution in [0.15, 0.2) is 48.5 Å². The van der Waals surface area contributed by atoms with Gasteiger partial charge in [0, 0.05) is 13.1 Å². The van der Waals surface area contributed by atoms with Gasteiger partial charge in [0.05, 0.1) is 22.4 Å². The fourth-order valence-electron chi connectivity index (χ4n) is 3.27. The number of anilines is 1. The molecule has 27 heavy (non-hydrogen) atoms. The lowest BCUT2D eigenvalue weighted by Gasteiger charge is -2.31. The van der Waals surface area contributed by atoms with Crippen LogP contribution in [0.4, 0.5) is 5.69 Å². The molecule has 7 heteroatoms. The summed E-state index contributed by atoms with van der Waals surface area (Å²) in [4.78, 5) is 12.6. The number of sulfonamides is 1. The highest BCUT2D eigenvalue weighted by atomic mass is 35.5. The van der Waals surface area contributed by atoms with Gasteiger partial charge in [-0.25, -0.2) is 12.7 Å². The van der Waals surface area contributed by atoms with Gasteiger partial charge in [-0.1, -0.05) is 48.0 Å². The van der Waals surface area contributed by atoms with Crippen molar-refractivity contribution in [3.8, 4) is 0 Å². The summed E-state index contributed by atoms with van der Waals surface area (Å²) in [7, 11) is -3.48. The monoisotopic (exact) mass is 406 g/mol. The summed E-state index contributed by atoms with van der Waals surface area (Å²) < 4.78 is 27.2. The van der Waals surface area contributed by atoms with E-state index in [0.717, 1.165) is 11.1 Å². The Labute approximate surface area is 165 Å². The van der Waals surface area contributed by atoms with Crippen LogP contribution in [0.1, 0.15) is 24.0 Å². The van der Waals surface area contributed by atoms with Gasteiger partial charge in [0.1, 0.15) is 0 Å². The van der Waals surface area contributed by atoms with Gasteiger partial charge in [-0.3, -0.25) is 4.79 Å². The summed E-state index contributed by atoms with van der Waals surface area (Å²) in [5, 5.41) is 3.28. The van der Waals surface area contributed by atoms with Crippen LogP contribution in [0.2, 0.25) is 5.02 Å². The second-order valence-electron chi connectivity index (χ2n) is 6.85. The van der Waals surface area contributed by atoms with Gasteiger partial charge in [0.25, 0.3) is 0 Å². The molecule has 1 fully saturated rings. The molecule has 0 saturated carbocycles. The lowest BCUT2D eigenvalue weighted by Crippen LogP contribution is -2.44. The molecule has 5 nitrogen and oxygen atoms in total. The predicted octanol–water partition coefficient (Wildman–Crippen LogP) is 3.83. The van der Waals surface area contributed by atoms with E-state index in [9.17, 15) is 13.2 Å². The van der Waals surface area contributed by atoms with E-state index in [2.05, 4.69) is 5.32 Å². The Morgan fingerprint density at radius 2 is 1.89 bits per heavy atom. The molecule has 1 amide bonds. The van der Waals surface area contributed by atoms with Gasteiger partial charge in [-0.2, -0.15) is 0 Å². The summed E-state index contributed by atoms with van der Waals surface area (Å²) in [5.41, 5.74) is 2.29. The number of halogens is 1. The van der Waals surface area contributed by atoms with Gasteiger partial charge in [0.2, 0.25) is 15.9 Å². The number of nitrogens with one attached hydrogen (secondary N) is 1. The number of aryl methyl sites for hydroxylation is 1. The van der Waals surface area contributed by atoms with Crippen LogP contribution >= 0.6 is 11.6 Å². The molecule has 0 bridgehead atoms. The minimum absolute atomic E-state index is 0.0431. The van der Waals surface area contributed by atoms with Crippen molar-refractivity contribution in [2.75, 3.05) is 18.4 Å². The molecule has 1 heterocycles. The van der Waals surface area contributed by atoms with E-state index in [1.165, 1.54) is 4.31 Å². The number of amides is 1. The number of hydrogen-bond donors (Lipinski definition) is 1. The van der Waals surface area contributed by atoms with Crippen molar-refractivity contribution in [1.29, 1.82) is 0 Å². The lowest BCUT2D eigenvalue weighted by molar-refractivity contribution is -0.120. The van der Waals surface area contributed by atoms with E-state index in [-0.39, 0.29) is 24.1 Å². The molecule has 2 aromatic rings. The number of benzene rings is 2. The fraction of sp³-hybridized carbons (Fsp3) is 0.350. The number of piperidine rings is 1. The molecule has 0 radical (unpaired) electrons. The van der Waals surface area contributed by atoms with Crippen molar-refractivity contribution in [2.24, 2.45) is 5.92 Å². The van der Waals surface area contributed by atoms with Crippen LogP contribution in [-0.2, 0) is 20.6 Å². The van der Waals surface area contributed by atoms with Gasteiger partial charge >= 0.3 is 0 Å². The minimum atomic E-state index is -3.48. The zero-order chi connectivity index (χ0) is 19.4. The second-order valence-corrected chi connectivity index (χ2v) is 9.23. The van der Waals surface area contributed by atoms with Gasteiger partial charge in [-0.15, -0.1) is 0 Å². The maximum Gasteiger partial charge on any atom is 0.228 e. The Hall–Kier alpha value is -1.89. The molecule has 2 aromatic carbocycles. The molecule has 1 N–H and O–H groups in total. The number of carbonyl (C=O) groups is 1. The SMILES string of the molecule is Cc1ccccc1CS(=O)(=O)N1CCC[C@@H](C(=O)Nc2ccccc2Cl)C1. The largest absolute Gasteiger partial charge is 0.324 e. The standard InChI is InChI=1S/C20H23ClN2O3S/c1-15-7-2-3-8-17(15)14-27(25,26)23-12-6-9-16(13-23)20(24)22-19-11-5-4-10-18(19)21/h2-5,7-8,10-11,16H,6,9,12-14H2,1H3,(H,22,24)/t16-/m1/s1. The quantitative estimate of drug-likeness (QED) is 0.820. The number of para-hydroxylation sites is 1. The lowest BCUT2D eigenvalue weighted by atomic mass is 9.99. The van der Waals surface area contributed by atoms with Crippen LogP contribution in [0.25, 0.3) is 0 Å². The molecule has 0 aliphatic carbocycles. The van der Waals surface area contributed by atoms with Gasteiger partial charge in [0.15, 0.2) is 0 Å². The van der Waals surface area contributed by atoms with Crippen LogP contribution in [0.3, 0.4) is 0 Å². The molecule has 1 aliphatic heterocycles. The summed E-state index contributed by atoms with van der Waals surface area (Å²) in [5.74, 6) is -0.626. The number of nitrogens with zero attached hydrogens (tertiary/aromatic N) is 1. The number of hydrogen-bond acceptors (Lipinski definition) is 3. The highest BCUT2D eigenvalue weighted by Gasteiger charge is 2.32. The fourth-order valence-corrected chi connectivity index (χ4v) is 5.16. The summed E-state index contributed by atoms with van der Waals surface area (Å²) in [6.07, 6.45) is 1.32. The molecule has 144 valence electrons. The van der Waals surface area contributed by atoms with Gasteiger partial charge in [-0.05, 0) is 43.0 Å². The Morgan fingerprint density at radius 1 is 1.19 bits per heavy atom. The zero-order valence-corrected chi connectivity index (χ0v) is 16.8. The molecular formula is C20H23ClN2O3S. The normalized spacial score (nSPS) is 18.2. The van der Waals surface area contributed by atoms with Gasteiger partial charge < -0.3 is 5.32 Å². The Kier molecular flexibility index (Phi) is 6.19. The van der Waals surface area contributed by atoms with E-state index in [4.69, 9.17) is 11.6 Å². The third kappa shape index (κ3) is 4.89. The summed E-state index contributed by atoms with van der Waals surface area (Å²) >= 11 is 6.09. The van der Waals surface area contributed by atoms with Crippen LogP contribution in [-0.4, -0.2) is 31.7 Å². The van der Waals surface area contributed by atoms with Crippen molar-refractivity contribution in [3.63, 3.8) is 0 Å². The topological polar surface area (TPSA) is 66.5 Å². The first-order chi connectivity index (χ1) is 12.9. The average Bonchev–Trinajstić information content (AvgIpc) is 2.65. The highest BCUT2D eigenvalue weighted by molar-refractivity contribution is 7.88. The van der Waals surface area contributed by atoms with E-state index < -0.39 is 10.0 Å². The first-order valence-electron chi connectivity index (χ1n) is 8.94. The first-order valence-corrected chi connectivity index (χ1v) is 10.9. The number of carbonyl (C=O) groups excluding carboxylic acids is 1. The molecule has 1 aliphatic rings. The minimum Gasteiger partial charge on any atom is -0.324 e. The maximum absolute atomic E-state index is 12.9. The molecule has 0 spiro atoms. The van der Waals surface area contributed by atoms with E-state index in [0.29, 0.717) is 30.1 Å².